The highest BCUT2D eigenvalue weighted by Gasteiger charge is 2.33. The minimum Gasteiger partial charge on any atom is -0.497 e. The number of methoxy groups -OCH3 is 1. The monoisotopic (exact) mass is 432 g/mol. The van der Waals surface area contributed by atoms with Crippen molar-refractivity contribution < 1.29 is 19.1 Å². The summed E-state index contributed by atoms with van der Waals surface area (Å²) in [7, 11) is 1.55. The van der Waals surface area contributed by atoms with Crippen molar-refractivity contribution in [2.45, 2.75) is 29.2 Å². The zero-order valence-corrected chi connectivity index (χ0v) is 18.6. The second-order valence-corrected chi connectivity index (χ2v) is 8.53. The summed E-state index contributed by atoms with van der Waals surface area (Å²) in [6.07, 6.45) is 0. The Hall–Kier alpha value is -3.31. The smallest absolute Gasteiger partial charge is 0.339 e. The van der Waals surface area contributed by atoms with E-state index in [1.807, 2.05) is 42.5 Å². The fraction of sp³-hybridized carbons (Fsp3) is 0.154. The Balaban J connectivity index is 1.68. The highest BCUT2D eigenvalue weighted by atomic mass is 32.2. The number of ketones is 1. The van der Waals surface area contributed by atoms with E-state index in [1.165, 1.54) is 0 Å². The lowest BCUT2D eigenvalue weighted by atomic mass is 9.96. The van der Waals surface area contributed by atoms with E-state index >= 15 is 0 Å². The van der Waals surface area contributed by atoms with Crippen molar-refractivity contribution in [1.29, 1.82) is 0 Å². The normalized spacial score (nSPS) is 10.9. The zero-order chi connectivity index (χ0) is 22.4. The van der Waals surface area contributed by atoms with Crippen LogP contribution in [-0.2, 0) is 9.53 Å². The summed E-state index contributed by atoms with van der Waals surface area (Å²) in [5, 5.41) is 0. The Morgan fingerprint density at radius 1 is 0.839 bits per heavy atom. The summed E-state index contributed by atoms with van der Waals surface area (Å²) in [6.45, 7) is 6.99. The van der Waals surface area contributed by atoms with Crippen LogP contribution in [0.4, 0.5) is 0 Å². The van der Waals surface area contributed by atoms with E-state index in [2.05, 4.69) is 6.58 Å². The summed E-state index contributed by atoms with van der Waals surface area (Å²) < 4.78 is 10.7. The second kappa shape index (κ2) is 9.67. The number of carbonyl (C=O) groups is 2. The molecule has 0 amide bonds. The molecular formula is C26H24O4S. The molecule has 0 radical (unpaired) electrons. The molecule has 0 fully saturated rings. The van der Waals surface area contributed by atoms with E-state index in [9.17, 15) is 9.59 Å². The van der Waals surface area contributed by atoms with Crippen molar-refractivity contribution in [2.24, 2.45) is 0 Å². The number of carbonyl (C=O) groups excluding carboxylic acids is 2. The Morgan fingerprint density at radius 3 is 2.13 bits per heavy atom. The first-order chi connectivity index (χ1) is 14.8. The van der Waals surface area contributed by atoms with Gasteiger partial charge in [-0.25, -0.2) is 4.79 Å². The van der Waals surface area contributed by atoms with E-state index < -0.39 is 11.6 Å². The molecule has 0 saturated carbocycles. The molecular weight excluding hydrogens is 408 g/mol. The SMILES string of the molecule is C=C(C(=O)OC(C)(C)C(=O)c1ccc(Sc2ccccc2)cc1)c1cccc(OC)c1. The van der Waals surface area contributed by atoms with Crippen LogP contribution in [0.3, 0.4) is 0 Å². The third kappa shape index (κ3) is 5.64. The summed E-state index contributed by atoms with van der Waals surface area (Å²) in [4.78, 5) is 27.8. The number of Topliss-reactive ketones (excluding diaryl/α,β-unsaturated/α-hetero) is 1. The van der Waals surface area contributed by atoms with Crippen LogP contribution in [0, 0.1) is 0 Å². The van der Waals surface area contributed by atoms with Gasteiger partial charge in [0.15, 0.2) is 5.60 Å². The lowest BCUT2D eigenvalue weighted by Gasteiger charge is -2.24. The Morgan fingerprint density at radius 2 is 1.48 bits per heavy atom. The molecule has 158 valence electrons. The minimum atomic E-state index is -1.34. The maximum absolute atomic E-state index is 13.0. The Kier molecular flexibility index (Phi) is 6.98. The molecule has 0 aliphatic rings. The van der Waals surface area contributed by atoms with Crippen LogP contribution in [0.5, 0.6) is 5.75 Å². The van der Waals surface area contributed by atoms with Gasteiger partial charge in [-0.15, -0.1) is 0 Å². The van der Waals surface area contributed by atoms with Gasteiger partial charge < -0.3 is 9.47 Å². The van der Waals surface area contributed by atoms with Crippen LogP contribution in [0.2, 0.25) is 0 Å². The lowest BCUT2D eigenvalue weighted by Crippen LogP contribution is -2.37. The molecule has 0 aromatic heterocycles. The third-order valence-corrected chi connectivity index (χ3v) is 5.67. The van der Waals surface area contributed by atoms with E-state index in [4.69, 9.17) is 9.47 Å². The lowest BCUT2D eigenvalue weighted by molar-refractivity contribution is -0.145. The first-order valence-corrected chi connectivity index (χ1v) is 10.6. The topological polar surface area (TPSA) is 52.6 Å². The first-order valence-electron chi connectivity index (χ1n) is 9.74. The van der Waals surface area contributed by atoms with E-state index in [0.29, 0.717) is 16.9 Å². The average Bonchev–Trinajstić information content (AvgIpc) is 2.79. The van der Waals surface area contributed by atoms with E-state index in [-0.39, 0.29) is 11.4 Å². The molecule has 0 aliphatic carbocycles. The molecule has 4 nitrogen and oxygen atoms in total. The Bertz CT molecular complexity index is 1090. The van der Waals surface area contributed by atoms with Gasteiger partial charge in [-0.1, -0.05) is 60.8 Å². The summed E-state index contributed by atoms with van der Waals surface area (Å²) in [5.41, 5.74) is -0.126. The van der Waals surface area contributed by atoms with Gasteiger partial charge in [0, 0.05) is 15.4 Å². The van der Waals surface area contributed by atoms with Gasteiger partial charge in [-0.2, -0.15) is 0 Å². The second-order valence-electron chi connectivity index (χ2n) is 7.38. The first kappa shape index (κ1) is 22.4. The molecule has 3 rings (SSSR count). The number of rotatable bonds is 8. The molecule has 3 aromatic carbocycles. The fourth-order valence-corrected chi connectivity index (χ4v) is 3.75. The molecule has 5 heteroatoms. The van der Waals surface area contributed by atoms with E-state index in [1.54, 1.807) is 69.1 Å². The molecule has 0 atom stereocenters. The van der Waals surface area contributed by atoms with Crippen LogP contribution in [0.25, 0.3) is 5.57 Å². The highest BCUT2D eigenvalue weighted by Crippen LogP contribution is 2.29. The minimum absolute atomic E-state index is 0.161. The van der Waals surface area contributed by atoms with Gasteiger partial charge in [0.25, 0.3) is 0 Å². The molecule has 0 spiro atoms. The van der Waals surface area contributed by atoms with Crippen LogP contribution in [-0.4, -0.2) is 24.5 Å². The van der Waals surface area contributed by atoms with Gasteiger partial charge in [-0.3, -0.25) is 4.79 Å². The van der Waals surface area contributed by atoms with Crippen molar-refractivity contribution in [3.63, 3.8) is 0 Å². The van der Waals surface area contributed by atoms with Crippen LogP contribution in [0.15, 0.2) is 95.2 Å². The maximum atomic E-state index is 13.0. The van der Waals surface area contributed by atoms with Crippen molar-refractivity contribution in [3.05, 3.63) is 96.6 Å². The van der Waals surface area contributed by atoms with Crippen LogP contribution < -0.4 is 4.74 Å². The summed E-state index contributed by atoms with van der Waals surface area (Å²) >= 11 is 1.61. The molecule has 0 saturated heterocycles. The molecule has 3 aromatic rings. The largest absolute Gasteiger partial charge is 0.497 e. The summed E-state index contributed by atoms with van der Waals surface area (Å²) in [6, 6.07) is 24.2. The van der Waals surface area contributed by atoms with Crippen LogP contribution in [0.1, 0.15) is 29.8 Å². The van der Waals surface area contributed by atoms with Gasteiger partial charge >= 0.3 is 5.97 Å². The van der Waals surface area contributed by atoms with Gasteiger partial charge in [0.05, 0.1) is 12.7 Å². The predicted octanol–water partition coefficient (Wildman–Crippen LogP) is 6.06. The fourth-order valence-electron chi connectivity index (χ4n) is 2.91. The van der Waals surface area contributed by atoms with Gasteiger partial charge in [0.1, 0.15) is 5.75 Å². The quantitative estimate of drug-likeness (QED) is 0.246. The number of hydrogen-bond donors (Lipinski definition) is 0. The highest BCUT2D eigenvalue weighted by molar-refractivity contribution is 7.99. The zero-order valence-electron chi connectivity index (χ0n) is 17.8. The number of hydrogen-bond acceptors (Lipinski definition) is 5. The standard InChI is InChI=1S/C26H24O4S/c1-18(20-9-8-10-21(17-20)29-4)25(28)30-26(2,3)24(27)19-13-15-23(16-14-19)31-22-11-6-5-7-12-22/h5-17H,1H2,2-4H3. The Labute approximate surface area is 186 Å². The number of benzene rings is 3. The average molecular weight is 433 g/mol. The van der Waals surface area contributed by atoms with Crippen LogP contribution >= 0.6 is 11.8 Å². The van der Waals surface area contributed by atoms with E-state index in [0.717, 1.165) is 9.79 Å². The van der Waals surface area contributed by atoms with Crippen molar-refractivity contribution in [3.8, 4) is 5.75 Å². The van der Waals surface area contributed by atoms with Gasteiger partial charge in [-0.05, 0) is 55.8 Å². The third-order valence-electron chi connectivity index (χ3n) is 4.65. The maximum Gasteiger partial charge on any atom is 0.339 e. The predicted molar refractivity (Wildman–Crippen MR) is 124 cm³/mol. The molecule has 0 heterocycles. The van der Waals surface area contributed by atoms with Crippen molar-refractivity contribution >= 4 is 29.1 Å². The molecule has 0 N–H and O–H groups in total. The van der Waals surface area contributed by atoms with Crippen molar-refractivity contribution in [2.75, 3.05) is 7.11 Å². The number of ether oxygens (including phenoxy) is 2. The van der Waals surface area contributed by atoms with Crippen molar-refractivity contribution in [1.82, 2.24) is 0 Å². The number of esters is 1. The molecule has 0 bridgehead atoms. The van der Waals surface area contributed by atoms with Gasteiger partial charge in [0.2, 0.25) is 5.78 Å². The molecule has 0 unspecified atom stereocenters. The molecule has 0 aliphatic heterocycles. The summed E-state index contributed by atoms with van der Waals surface area (Å²) in [5.74, 6) is -0.325. The molecule has 31 heavy (non-hydrogen) atoms.